The van der Waals surface area contributed by atoms with Crippen LogP contribution in [0.1, 0.15) is 11.6 Å². The SMILES string of the molecule is C=C1C(=O)N(c2cc(OC)c(OC)c(OC)c2)C1c1cccc(O)c1. The fraction of sp³-hybridized carbons (Fsp3) is 0.211. The number of β-lactam (4-membered cyclic amide) rings is 1. The highest BCUT2D eigenvalue weighted by Crippen LogP contribution is 2.47. The van der Waals surface area contributed by atoms with Crippen LogP contribution in [0.5, 0.6) is 23.0 Å². The van der Waals surface area contributed by atoms with Crippen LogP contribution < -0.4 is 19.1 Å². The summed E-state index contributed by atoms with van der Waals surface area (Å²) in [4.78, 5) is 14.0. The lowest BCUT2D eigenvalue weighted by Crippen LogP contribution is -2.48. The number of benzene rings is 2. The van der Waals surface area contributed by atoms with Gasteiger partial charge < -0.3 is 19.3 Å². The molecular weight excluding hydrogens is 322 g/mol. The maximum absolute atomic E-state index is 12.4. The molecule has 0 radical (unpaired) electrons. The van der Waals surface area contributed by atoms with Crippen molar-refractivity contribution < 1.29 is 24.1 Å². The number of aromatic hydroxyl groups is 1. The number of amides is 1. The van der Waals surface area contributed by atoms with E-state index < -0.39 is 0 Å². The summed E-state index contributed by atoms with van der Waals surface area (Å²) in [5, 5.41) is 9.73. The van der Waals surface area contributed by atoms with E-state index in [9.17, 15) is 9.90 Å². The molecule has 1 atom stereocenters. The van der Waals surface area contributed by atoms with Gasteiger partial charge in [0, 0.05) is 17.7 Å². The Labute approximate surface area is 145 Å². The molecule has 0 saturated carbocycles. The van der Waals surface area contributed by atoms with Crippen LogP contribution in [-0.2, 0) is 4.79 Å². The third kappa shape index (κ3) is 2.65. The topological polar surface area (TPSA) is 68.2 Å². The van der Waals surface area contributed by atoms with Gasteiger partial charge in [-0.25, -0.2) is 0 Å². The quantitative estimate of drug-likeness (QED) is 0.669. The van der Waals surface area contributed by atoms with E-state index in [0.29, 0.717) is 28.5 Å². The predicted octanol–water partition coefficient (Wildman–Crippen LogP) is 3.06. The summed E-state index contributed by atoms with van der Waals surface area (Å²) < 4.78 is 16.0. The number of hydrogen-bond acceptors (Lipinski definition) is 5. The number of nitrogens with zero attached hydrogens (tertiary/aromatic N) is 1. The Kier molecular flexibility index (Phi) is 4.27. The molecule has 2 aromatic carbocycles. The van der Waals surface area contributed by atoms with E-state index in [2.05, 4.69) is 6.58 Å². The van der Waals surface area contributed by atoms with Crippen molar-refractivity contribution in [3.05, 3.63) is 54.1 Å². The number of ether oxygens (including phenoxy) is 3. The lowest BCUT2D eigenvalue weighted by Gasteiger charge is -2.42. The van der Waals surface area contributed by atoms with E-state index in [1.807, 2.05) is 6.07 Å². The van der Waals surface area contributed by atoms with Crippen molar-refractivity contribution in [1.29, 1.82) is 0 Å². The average molecular weight is 341 g/mol. The van der Waals surface area contributed by atoms with Gasteiger partial charge in [-0.15, -0.1) is 0 Å². The number of hydrogen-bond donors (Lipinski definition) is 1. The minimum Gasteiger partial charge on any atom is -0.508 e. The highest BCUT2D eigenvalue weighted by molar-refractivity contribution is 6.15. The predicted molar refractivity (Wildman–Crippen MR) is 93.6 cm³/mol. The van der Waals surface area contributed by atoms with Crippen LogP contribution >= 0.6 is 0 Å². The first kappa shape index (κ1) is 16.7. The number of carbonyl (C=O) groups excluding carboxylic acids is 1. The summed E-state index contributed by atoms with van der Waals surface area (Å²) in [5.74, 6) is 1.31. The molecule has 1 aliphatic rings. The van der Waals surface area contributed by atoms with Crippen LogP contribution in [0.2, 0.25) is 0 Å². The van der Waals surface area contributed by atoms with Gasteiger partial charge in [0.05, 0.1) is 33.1 Å². The third-order valence-electron chi connectivity index (χ3n) is 4.20. The molecule has 1 saturated heterocycles. The van der Waals surface area contributed by atoms with Gasteiger partial charge in [-0.1, -0.05) is 18.7 Å². The Hall–Kier alpha value is -3.15. The monoisotopic (exact) mass is 341 g/mol. The number of anilines is 1. The fourth-order valence-electron chi connectivity index (χ4n) is 3.00. The van der Waals surface area contributed by atoms with E-state index in [4.69, 9.17) is 14.2 Å². The number of carbonyl (C=O) groups is 1. The average Bonchev–Trinajstić information content (AvgIpc) is 2.63. The highest BCUT2D eigenvalue weighted by atomic mass is 16.5. The van der Waals surface area contributed by atoms with Gasteiger partial charge in [-0.2, -0.15) is 0 Å². The summed E-state index contributed by atoms with van der Waals surface area (Å²) >= 11 is 0. The maximum Gasteiger partial charge on any atom is 0.256 e. The molecule has 1 unspecified atom stereocenters. The normalized spacial score (nSPS) is 16.4. The number of phenols is 1. The number of rotatable bonds is 5. The Morgan fingerprint density at radius 1 is 1.04 bits per heavy atom. The molecule has 1 N–H and O–H groups in total. The number of phenolic OH excluding ortho intramolecular Hbond substituents is 1. The summed E-state index contributed by atoms with van der Waals surface area (Å²) in [6.45, 7) is 3.86. The van der Waals surface area contributed by atoms with E-state index in [1.54, 1.807) is 35.2 Å². The minimum absolute atomic E-state index is 0.134. The third-order valence-corrected chi connectivity index (χ3v) is 4.20. The summed E-state index contributed by atoms with van der Waals surface area (Å²) in [6, 6.07) is 9.83. The van der Waals surface area contributed by atoms with E-state index in [1.165, 1.54) is 21.3 Å². The molecule has 6 heteroatoms. The van der Waals surface area contributed by atoms with E-state index in [0.717, 1.165) is 5.56 Å². The Morgan fingerprint density at radius 2 is 1.68 bits per heavy atom. The van der Waals surface area contributed by atoms with Crippen molar-refractivity contribution in [1.82, 2.24) is 0 Å². The molecular formula is C19H19NO5. The molecule has 0 bridgehead atoms. The van der Waals surface area contributed by atoms with Crippen LogP contribution in [0.15, 0.2) is 48.6 Å². The van der Waals surface area contributed by atoms with Crippen molar-refractivity contribution in [3.63, 3.8) is 0 Å². The van der Waals surface area contributed by atoms with E-state index in [-0.39, 0.29) is 17.7 Å². The van der Waals surface area contributed by atoms with Crippen molar-refractivity contribution in [2.24, 2.45) is 0 Å². The minimum atomic E-state index is -0.359. The van der Waals surface area contributed by atoms with Gasteiger partial charge in [-0.3, -0.25) is 9.69 Å². The molecule has 0 aromatic heterocycles. The van der Waals surface area contributed by atoms with Gasteiger partial charge in [-0.05, 0) is 17.7 Å². The number of methoxy groups -OCH3 is 3. The van der Waals surface area contributed by atoms with Gasteiger partial charge in [0.15, 0.2) is 11.5 Å². The zero-order valence-corrected chi connectivity index (χ0v) is 14.3. The van der Waals surface area contributed by atoms with Crippen molar-refractivity contribution in [2.75, 3.05) is 26.2 Å². The molecule has 1 fully saturated rings. The first-order valence-corrected chi connectivity index (χ1v) is 7.63. The molecule has 0 spiro atoms. The van der Waals surface area contributed by atoms with Crippen molar-refractivity contribution >= 4 is 11.6 Å². The Bertz CT molecular complexity index is 820. The summed E-state index contributed by atoms with van der Waals surface area (Å²) in [5.41, 5.74) is 1.83. The van der Waals surface area contributed by atoms with E-state index >= 15 is 0 Å². The zero-order valence-electron chi connectivity index (χ0n) is 14.3. The molecule has 1 aliphatic heterocycles. The second kappa shape index (κ2) is 6.39. The smallest absolute Gasteiger partial charge is 0.256 e. The van der Waals surface area contributed by atoms with Crippen LogP contribution in [0.3, 0.4) is 0 Å². The Morgan fingerprint density at radius 3 is 2.20 bits per heavy atom. The van der Waals surface area contributed by atoms with Crippen LogP contribution in [0.25, 0.3) is 0 Å². The fourth-order valence-corrected chi connectivity index (χ4v) is 3.00. The zero-order chi connectivity index (χ0) is 18.1. The lowest BCUT2D eigenvalue weighted by atomic mass is 9.88. The van der Waals surface area contributed by atoms with Crippen molar-refractivity contribution in [2.45, 2.75) is 6.04 Å². The summed E-state index contributed by atoms with van der Waals surface area (Å²) in [6.07, 6.45) is 0. The van der Waals surface area contributed by atoms with Crippen LogP contribution in [0, 0.1) is 0 Å². The molecule has 1 amide bonds. The molecule has 0 aliphatic carbocycles. The largest absolute Gasteiger partial charge is 0.508 e. The highest BCUT2D eigenvalue weighted by Gasteiger charge is 2.43. The summed E-state index contributed by atoms with van der Waals surface area (Å²) in [7, 11) is 4.56. The second-order valence-electron chi connectivity index (χ2n) is 5.58. The van der Waals surface area contributed by atoms with Crippen molar-refractivity contribution in [3.8, 4) is 23.0 Å². The maximum atomic E-state index is 12.4. The van der Waals surface area contributed by atoms with Gasteiger partial charge in [0.25, 0.3) is 5.91 Å². The van der Waals surface area contributed by atoms with Gasteiger partial charge in [0.1, 0.15) is 5.75 Å². The van der Waals surface area contributed by atoms with Crippen LogP contribution in [0.4, 0.5) is 5.69 Å². The lowest BCUT2D eigenvalue weighted by molar-refractivity contribution is -0.118. The first-order valence-electron chi connectivity index (χ1n) is 7.63. The van der Waals surface area contributed by atoms with Gasteiger partial charge in [0.2, 0.25) is 5.75 Å². The standard InChI is InChI=1S/C19H19NO5/c1-11-17(12-6-5-7-14(21)8-12)20(19(11)22)13-9-15(23-2)18(25-4)16(10-13)24-3/h5-10,17,21H,1H2,2-4H3. The molecule has 3 rings (SSSR count). The van der Waals surface area contributed by atoms with Gasteiger partial charge >= 0.3 is 0 Å². The second-order valence-corrected chi connectivity index (χ2v) is 5.58. The first-order chi connectivity index (χ1) is 12.0. The molecule has 6 nitrogen and oxygen atoms in total. The molecule has 2 aromatic rings. The molecule has 1 heterocycles. The molecule has 25 heavy (non-hydrogen) atoms. The van der Waals surface area contributed by atoms with Crippen LogP contribution in [-0.4, -0.2) is 32.3 Å². The molecule has 130 valence electrons. The Balaban J connectivity index is 2.08.